The summed E-state index contributed by atoms with van der Waals surface area (Å²) in [5.74, 6) is 0.443. The van der Waals surface area contributed by atoms with Crippen molar-refractivity contribution in [2.24, 2.45) is 0 Å². The fraction of sp³-hybridized carbons (Fsp3) is 0. The van der Waals surface area contributed by atoms with E-state index in [0.29, 0.717) is 22.3 Å². The number of para-hydroxylation sites is 1. The lowest BCUT2D eigenvalue weighted by Crippen LogP contribution is -2.01. The van der Waals surface area contributed by atoms with E-state index in [1.54, 1.807) is 0 Å². The van der Waals surface area contributed by atoms with E-state index in [1.807, 2.05) is 84.9 Å². The molecule has 0 radical (unpaired) electrons. The molecular formula is C41H25N3O. The maximum absolute atomic E-state index is 9.03. The number of fused-ring (bicyclic) bond motifs is 5. The third-order valence-corrected chi connectivity index (χ3v) is 8.02. The van der Waals surface area contributed by atoms with E-state index in [9.17, 15) is 0 Å². The first-order valence-corrected chi connectivity index (χ1v) is 14.5. The van der Waals surface area contributed by atoms with Gasteiger partial charge >= 0.3 is 0 Å². The second-order valence-corrected chi connectivity index (χ2v) is 10.7. The standard InChI is InChI=1S/C41H25N3O/c1-2-10-26(11-3-1)28-20-21-30-25-31(23-22-29(30)24-28)39-42-40(33-16-8-13-27-12-4-5-14-32(27)33)44-41(43-39)35-17-9-19-37-38(35)34-15-6-7-18-36(34)45-37/h1-25H/i4D,5D,8D,12D,13D,14D,16D. The van der Waals surface area contributed by atoms with Gasteiger partial charge in [0.15, 0.2) is 17.5 Å². The minimum Gasteiger partial charge on any atom is -0.456 e. The van der Waals surface area contributed by atoms with Crippen molar-refractivity contribution in [3.8, 4) is 45.3 Å². The Balaban J connectivity index is 1.34. The molecule has 9 aromatic rings. The van der Waals surface area contributed by atoms with Crippen LogP contribution in [0.3, 0.4) is 0 Å². The normalized spacial score (nSPS) is 13.7. The van der Waals surface area contributed by atoms with Crippen LogP contribution in [-0.4, -0.2) is 15.0 Å². The Morgan fingerprint density at radius 2 is 1.13 bits per heavy atom. The summed E-state index contributed by atoms with van der Waals surface area (Å²) in [5, 5.41) is 3.30. The summed E-state index contributed by atoms with van der Waals surface area (Å²) in [5.41, 5.74) is 4.68. The van der Waals surface area contributed by atoms with Crippen molar-refractivity contribution in [3.63, 3.8) is 0 Å². The van der Waals surface area contributed by atoms with Crippen molar-refractivity contribution < 1.29 is 14.0 Å². The summed E-state index contributed by atoms with van der Waals surface area (Å²) >= 11 is 0. The maximum Gasteiger partial charge on any atom is 0.164 e. The fourth-order valence-electron chi connectivity index (χ4n) is 5.87. The van der Waals surface area contributed by atoms with Crippen molar-refractivity contribution in [1.82, 2.24) is 15.0 Å². The average molecular weight is 583 g/mol. The van der Waals surface area contributed by atoms with Gasteiger partial charge in [-0.1, -0.05) is 127 Å². The molecule has 9 rings (SSSR count). The van der Waals surface area contributed by atoms with Gasteiger partial charge in [0.25, 0.3) is 0 Å². The molecule has 0 saturated carbocycles. The predicted octanol–water partition coefficient (Wildman–Crippen LogP) is 10.7. The van der Waals surface area contributed by atoms with Gasteiger partial charge in [-0.25, -0.2) is 15.0 Å². The number of aromatic nitrogens is 3. The highest BCUT2D eigenvalue weighted by Crippen LogP contribution is 2.37. The molecule has 45 heavy (non-hydrogen) atoms. The van der Waals surface area contributed by atoms with Crippen LogP contribution in [0, 0.1) is 0 Å². The molecule has 0 N–H and O–H groups in total. The molecule has 0 bridgehead atoms. The molecule has 0 saturated heterocycles. The fourth-order valence-corrected chi connectivity index (χ4v) is 5.87. The van der Waals surface area contributed by atoms with E-state index in [1.165, 1.54) is 0 Å². The van der Waals surface area contributed by atoms with Gasteiger partial charge in [0.2, 0.25) is 0 Å². The Morgan fingerprint density at radius 3 is 2.02 bits per heavy atom. The topological polar surface area (TPSA) is 51.8 Å². The molecule has 7 aromatic carbocycles. The van der Waals surface area contributed by atoms with E-state index in [-0.39, 0.29) is 33.8 Å². The van der Waals surface area contributed by atoms with Crippen LogP contribution in [0.2, 0.25) is 0 Å². The monoisotopic (exact) mass is 582 g/mol. The van der Waals surface area contributed by atoms with Gasteiger partial charge in [0, 0.05) is 27.5 Å². The van der Waals surface area contributed by atoms with Crippen LogP contribution in [0.25, 0.3) is 88.8 Å². The van der Waals surface area contributed by atoms with Crippen LogP contribution in [0.15, 0.2) is 156 Å². The Kier molecular flexibility index (Phi) is 4.38. The highest BCUT2D eigenvalue weighted by atomic mass is 16.3. The van der Waals surface area contributed by atoms with Crippen LogP contribution in [0.5, 0.6) is 0 Å². The molecule has 0 amide bonds. The first kappa shape index (κ1) is 19.2. The Morgan fingerprint density at radius 1 is 0.444 bits per heavy atom. The first-order valence-electron chi connectivity index (χ1n) is 18.0. The number of rotatable bonds is 4. The van der Waals surface area contributed by atoms with Crippen molar-refractivity contribution in [2.75, 3.05) is 0 Å². The second kappa shape index (κ2) is 10.2. The van der Waals surface area contributed by atoms with Gasteiger partial charge in [0.1, 0.15) is 11.2 Å². The molecular weight excluding hydrogens is 550 g/mol. The summed E-state index contributed by atoms with van der Waals surface area (Å²) in [7, 11) is 0. The van der Waals surface area contributed by atoms with Crippen LogP contribution >= 0.6 is 0 Å². The molecule has 0 spiro atoms. The Bertz CT molecular complexity index is 2940. The number of nitrogens with zero attached hydrogens (tertiary/aromatic N) is 3. The molecule has 2 heterocycles. The lowest BCUT2D eigenvalue weighted by Gasteiger charge is -2.11. The molecule has 0 aliphatic heterocycles. The zero-order valence-corrected chi connectivity index (χ0v) is 23.6. The quantitative estimate of drug-likeness (QED) is 0.207. The molecule has 0 aliphatic carbocycles. The summed E-state index contributed by atoms with van der Waals surface area (Å²) in [4.78, 5) is 14.7. The summed E-state index contributed by atoms with van der Waals surface area (Å²) in [6, 6.07) is 32.0. The predicted molar refractivity (Wildman–Crippen MR) is 184 cm³/mol. The largest absolute Gasteiger partial charge is 0.456 e. The molecule has 0 fully saturated rings. The Hall–Kier alpha value is -6.13. The van der Waals surface area contributed by atoms with E-state index in [2.05, 4.69) is 24.3 Å². The van der Waals surface area contributed by atoms with E-state index in [4.69, 9.17) is 29.0 Å². The van der Waals surface area contributed by atoms with E-state index < -0.39 is 42.3 Å². The number of hydrogen-bond acceptors (Lipinski definition) is 4. The van der Waals surface area contributed by atoms with Crippen molar-refractivity contribution in [2.45, 2.75) is 0 Å². The van der Waals surface area contributed by atoms with Crippen LogP contribution in [0.4, 0.5) is 0 Å². The molecule has 0 atom stereocenters. The minimum absolute atomic E-state index is 0.0575. The minimum atomic E-state index is -0.531. The molecule has 4 nitrogen and oxygen atoms in total. The average Bonchev–Trinajstić information content (AvgIpc) is 3.57. The molecule has 210 valence electrons. The molecule has 0 aliphatic rings. The summed E-state index contributed by atoms with van der Waals surface area (Å²) in [6.45, 7) is 0. The third-order valence-electron chi connectivity index (χ3n) is 8.02. The van der Waals surface area contributed by atoms with Gasteiger partial charge in [-0.05, 0) is 56.9 Å². The van der Waals surface area contributed by atoms with Gasteiger partial charge in [0.05, 0.1) is 9.60 Å². The lowest BCUT2D eigenvalue weighted by molar-refractivity contribution is 0.669. The molecule has 4 heteroatoms. The first-order chi connectivity index (χ1) is 25.2. The smallest absolute Gasteiger partial charge is 0.164 e. The third kappa shape index (κ3) is 4.35. The number of hydrogen-bond donors (Lipinski definition) is 0. The summed E-state index contributed by atoms with van der Waals surface area (Å²) < 4.78 is 66.7. The Labute approximate surface area is 269 Å². The van der Waals surface area contributed by atoms with Gasteiger partial charge in [-0.15, -0.1) is 0 Å². The SMILES string of the molecule is [2H]c1c([2H])c([2H])c2c(-c3nc(-c4ccc5cc(-c6ccccc6)ccc5c4)nc(-c4cccc5oc6ccccc6c45)n3)c([2H])c([2H])c([2H])c2c1[2H]. The number of furan rings is 1. The van der Waals surface area contributed by atoms with Crippen LogP contribution < -0.4 is 0 Å². The molecule has 0 unspecified atom stereocenters. The van der Waals surface area contributed by atoms with Gasteiger partial charge < -0.3 is 4.42 Å². The second-order valence-electron chi connectivity index (χ2n) is 10.7. The van der Waals surface area contributed by atoms with Crippen LogP contribution in [0.1, 0.15) is 9.60 Å². The lowest BCUT2D eigenvalue weighted by atomic mass is 9.99. The van der Waals surface area contributed by atoms with E-state index >= 15 is 0 Å². The van der Waals surface area contributed by atoms with Gasteiger partial charge in [-0.2, -0.15) is 0 Å². The maximum atomic E-state index is 9.03. The zero-order chi connectivity index (χ0) is 35.8. The molecule has 2 aromatic heterocycles. The van der Waals surface area contributed by atoms with Crippen molar-refractivity contribution >= 4 is 43.5 Å². The highest BCUT2D eigenvalue weighted by Gasteiger charge is 2.18. The van der Waals surface area contributed by atoms with Crippen molar-refractivity contribution in [3.05, 3.63) is 151 Å². The van der Waals surface area contributed by atoms with Crippen LogP contribution in [-0.2, 0) is 0 Å². The van der Waals surface area contributed by atoms with E-state index in [0.717, 1.165) is 32.7 Å². The summed E-state index contributed by atoms with van der Waals surface area (Å²) in [6.07, 6.45) is 0. The zero-order valence-electron chi connectivity index (χ0n) is 30.6. The highest BCUT2D eigenvalue weighted by molar-refractivity contribution is 6.11. The van der Waals surface area contributed by atoms with Crippen molar-refractivity contribution in [1.29, 1.82) is 0 Å². The number of benzene rings is 7. The van der Waals surface area contributed by atoms with Gasteiger partial charge in [-0.3, -0.25) is 0 Å².